The van der Waals surface area contributed by atoms with Crippen molar-refractivity contribution in [2.45, 2.75) is 19.4 Å². The fourth-order valence-electron chi connectivity index (χ4n) is 1.66. The maximum Gasteiger partial charge on any atom is 0.263 e. The van der Waals surface area contributed by atoms with Crippen molar-refractivity contribution in [1.29, 1.82) is 0 Å². The lowest BCUT2D eigenvalue weighted by Gasteiger charge is -2.23. The third-order valence-corrected chi connectivity index (χ3v) is 2.32. The van der Waals surface area contributed by atoms with Gasteiger partial charge in [-0.1, -0.05) is 0 Å². The van der Waals surface area contributed by atoms with E-state index in [-0.39, 0.29) is 12.5 Å². The first-order valence-corrected chi connectivity index (χ1v) is 4.93. The average molecular weight is 220 g/mol. The Morgan fingerprint density at radius 3 is 2.50 bits per heavy atom. The summed E-state index contributed by atoms with van der Waals surface area (Å²) in [7, 11) is 0. The summed E-state index contributed by atoms with van der Waals surface area (Å²) in [4.78, 5) is 28.5. The standard InChI is InChI=1S/C11H12N2O3/c1-11(2,16)6-13-9(14)7-3-4-12-5-8(7)10(13)15/h3-5,16H,6H2,1-2H3. The van der Waals surface area contributed by atoms with Crippen LogP contribution in [0.5, 0.6) is 0 Å². The fraction of sp³-hybridized carbons (Fsp3) is 0.364. The van der Waals surface area contributed by atoms with E-state index in [0.717, 1.165) is 4.90 Å². The molecule has 1 aromatic heterocycles. The van der Waals surface area contributed by atoms with Gasteiger partial charge in [-0.25, -0.2) is 0 Å². The van der Waals surface area contributed by atoms with E-state index in [1.807, 2.05) is 0 Å². The number of pyridine rings is 1. The molecule has 1 aliphatic rings. The summed E-state index contributed by atoms with van der Waals surface area (Å²) in [5.74, 6) is -0.764. The maximum absolute atomic E-state index is 11.9. The van der Waals surface area contributed by atoms with Crippen molar-refractivity contribution >= 4 is 11.8 Å². The number of hydrogen-bond donors (Lipinski definition) is 1. The Morgan fingerprint density at radius 2 is 1.94 bits per heavy atom. The number of nitrogens with zero attached hydrogens (tertiary/aromatic N) is 2. The van der Waals surface area contributed by atoms with E-state index in [9.17, 15) is 14.7 Å². The van der Waals surface area contributed by atoms with Crippen LogP contribution in [0.1, 0.15) is 34.6 Å². The summed E-state index contributed by atoms with van der Waals surface area (Å²) in [6, 6.07) is 1.51. The zero-order chi connectivity index (χ0) is 11.9. The van der Waals surface area contributed by atoms with Crippen LogP contribution in [-0.2, 0) is 0 Å². The van der Waals surface area contributed by atoms with Gasteiger partial charge < -0.3 is 5.11 Å². The van der Waals surface area contributed by atoms with Gasteiger partial charge in [0.15, 0.2) is 0 Å². The molecule has 2 heterocycles. The molecule has 1 aliphatic heterocycles. The van der Waals surface area contributed by atoms with Gasteiger partial charge >= 0.3 is 0 Å². The molecule has 0 atom stereocenters. The van der Waals surface area contributed by atoms with Gasteiger partial charge in [0.05, 0.1) is 23.3 Å². The Hall–Kier alpha value is -1.75. The zero-order valence-electron chi connectivity index (χ0n) is 9.10. The normalized spacial score (nSPS) is 15.6. The number of hydrogen-bond acceptors (Lipinski definition) is 4. The summed E-state index contributed by atoms with van der Waals surface area (Å²) in [5.41, 5.74) is -0.443. The van der Waals surface area contributed by atoms with Crippen LogP contribution in [-0.4, -0.2) is 39.0 Å². The van der Waals surface area contributed by atoms with Gasteiger partial charge in [0.1, 0.15) is 0 Å². The van der Waals surface area contributed by atoms with Crippen molar-refractivity contribution in [2.75, 3.05) is 6.54 Å². The van der Waals surface area contributed by atoms with Gasteiger partial charge in [0, 0.05) is 12.4 Å². The molecule has 5 heteroatoms. The van der Waals surface area contributed by atoms with Crippen LogP contribution in [0.2, 0.25) is 0 Å². The molecule has 0 spiro atoms. The Balaban J connectivity index is 2.36. The quantitative estimate of drug-likeness (QED) is 0.734. The van der Waals surface area contributed by atoms with Crippen molar-refractivity contribution in [3.63, 3.8) is 0 Å². The third-order valence-electron chi connectivity index (χ3n) is 2.32. The first kappa shape index (κ1) is 10.8. The molecule has 84 valence electrons. The second-order valence-corrected chi connectivity index (χ2v) is 4.43. The topological polar surface area (TPSA) is 70.5 Å². The summed E-state index contributed by atoms with van der Waals surface area (Å²) in [6.45, 7) is 3.09. The summed E-state index contributed by atoms with van der Waals surface area (Å²) in [5, 5.41) is 9.63. The molecule has 0 unspecified atom stereocenters. The van der Waals surface area contributed by atoms with Crippen molar-refractivity contribution < 1.29 is 14.7 Å². The lowest BCUT2D eigenvalue weighted by Crippen LogP contribution is -2.41. The van der Waals surface area contributed by atoms with E-state index in [2.05, 4.69) is 4.98 Å². The number of amides is 2. The van der Waals surface area contributed by atoms with Crippen LogP contribution in [0.25, 0.3) is 0 Å². The Kier molecular flexibility index (Phi) is 2.27. The highest BCUT2D eigenvalue weighted by atomic mass is 16.3. The Morgan fingerprint density at radius 1 is 1.31 bits per heavy atom. The first-order chi connectivity index (χ1) is 7.40. The molecule has 0 bridgehead atoms. The summed E-state index contributed by atoms with van der Waals surface area (Å²) < 4.78 is 0. The number of aliphatic hydroxyl groups is 1. The van der Waals surface area contributed by atoms with Crippen molar-refractivity contribution in [3.05, 3.63) is 29.6 Å². The maximum atomic E-state index is 11.9. The average Bonchev–Trinajstić information content (AvgIpc) is 2.43. The molecule has 0 saturated heterocycles. The van der Waals surface area contributed by atoms with E-state index in [4.69, 9.17) is 0 Å². The second-order valence-electron chi connectivity index (χ2n) is 4.43. The number of rotatable bonds is 2. The third kappa shape index (κ3) is 1.69. The minimum atomic E-state index is -1.10. The van der Waals surface area contributed by atoms with Gasteiger partial charge in [-0.3, -0.25) is 19.5 Å². The molecule has 0 saturated carbocycles. The highest BCUT2D eigenvalue weighted by molar-refractivity contribution is 6.21. The minimum Gasteiger partial charge on any atom is -0.389 e. The van der Waals surface area contributed by atoms with Crippen LogP contribution in [0, 0.1) is 0 Å². The largest absolute Gasteiger partial charge is 0.389 e. The highest BCUT2D eigenvalue weighted by Gasteiger charge is 2.37. The van der Waals surface area contributed by atoms with E-state index < -0.39 is 11.5 Å². The van der Waals surface area contributed by atoms with Crippen LogP contribution < -0.4 is 0 Å². The minimum absolute atomic E-state index is 0.0145. The second kappa shape index (κ2) is 3.38. The van der Waals surface area contributed by atoms with Crippen molar-refractivity contribution in [1.82, 2.24) is 9.88 Å². The molecule has 16 heavy (non-hydrogen) atoms. The number of fused-ring (bicyclic) bond motifs is 1. The van der Waals surface area contributed by atoms with Gasteiger partial charge in [0.2, 0.25) is 0 Å². The molecular formula is C11H12N2O3. The monoisotopic (exact) mass is 220 g/mol. The van der Waals surface area contributed by atoms with Gasteiger partial charge in [-0.2, -0.15) is 0 Å². The highest BCUT2D eigenvalue weighted by Crippen LogP contribution is 2.23. The lowest BCUT2D eigenvalue weighted by molar-refractivity contribution is 0.0297. The number of carbonyl (C=O) groups excluding carboxylic acids is 2. The predicted molar refractivity (Wildman–Crippen MR) is 55.9 cm³/mol. The smallest absolute Gasteiger partial charge is 0.263 e. The van der Waals surface area contributed by atoms with Crippen LogP contribution >= 0.6 is 0 Å². The molecule has 2 rings (SSSR count). The molecule has 0 fully saturated rings. The number of β-amino-alcohol motifs (C(OH)–C–C–N with tert-alkyl or cyclic N) is 1. The van der Waals surface area contributed by atoms with Crippen LogP contribution in [0.15, 0.2) is 18.5 Å². The van der Waals surface area contributed by atoms with Gasteiger partial charge in [0.25, 0.3) is 11.8 Å². The summed E-state index contributed by atoms with van der Waals surface area (Å²) in [6.07, 6.45) is 2.84. The lowest BCUT2D eigenvalue weighted by atomic mass is 10.1. The van der Waals surface area contributed by atoms with Crippen LogP contribution in [0.3, 0.4) is 0 Å². The number of carbonyl (C=O) groups is 2. The fourth-order valence-corrected chi connectivity index (χ4v) is 1.66. The van der Waals surface area contributed by atoms with Crippen molar-refractivity contribution in [2.24, 2.45) is 0 Å². The molecule has 0 radical (unpaired) electrons. The van der Waals surface area contributed by atoms with E-state index in [0.29, 0.717) is 11.1 Å². The first-order valence-electron chi connectivity index (χ1n) is 4.93. The van der Waals surface area contributed by atoms with Gasteiger partial charge in [-0.05, 0) is 19.9 Å². The zero-order valence-corrected chi connectivity index (χ0v) is 9.10. The number of aromatic nitrogens is 1. The molecule has 2 amide bonds. The predicted octanol–water partition coefficient (Wildman–Crippen LogP) is 0.449. The van der Waals surface area contributed by atoms with Gasteiger partial charge in [-0.15, -0.1) is 0 Å². The molecule has 1 N–H and O–H groups in total. The molecule has 5 nitrogen and oxygen atoms in total. The summed E-state index contributed by atoms with van der Waals surface area (Å²) >= 11 is 0. The SMILES string of the molecule is CC(C)(O)CN1C(=O)c2ccncc2C1=O. The van der Waals surface area contributed by atoms with E-state index in [1.54, 1.807) is 13.8 Å². The molecule has 0 aliphatic carbocycles. The molecule has 0 aromatic carbocycles. The van der Waals surface area contributed by atoms with Crippen molar-refractivity contribution in [3.8, 4) is 0 Å². The molecule has 1 aromatic rings. The van der Waals surface area contributed by atoms with E-state index in [1.165, 1.54) is 18.5 Å². The Bertz CT molecular complexity index is 428. The Labute approximate surface area is 92.7 Å². The van der Waals surface area contributed by atoms with Crippen LogP contribution in [0.4, 0.5) is 0 Å². The molecular weight excluding hydrogens is 208 g/mol. The number of imide groups is 1. The van der Waals surface area contributed by atoms with E-state index >= 15 is 0 Å².